The summed E-state index contributed by atoms with van der Waals surface area (Å²) in [6.07, 6.45) is 6.01. The quantitative estimate of drug-likeness (QED) is 0.748. The summed E-state index contributed by atoms with van der Waals surface area (Å²) in [5.41, 5.74) is 1.44. The van der Waals surface area contributed by atoms with Crippen molar-refractivity contribution in [1.82, 2.24) is 0 Å². The van der Waals surface area contributed by atoms with Gasteiger partial charge >= 0.3 is 0 Å². The van der Waals surface area contributed by atoms with Gasteiger partial charge in [-0.05, 0) is 62.8 Å². The van der Waals surface area contributed by atoms with E-state index >= 15 is 0 Å². The largest absolute Gasteiger partial charge is 0.484 e. The van der Waals surface area contributed by atoms with Gasteiger partial charge in [-0.15, -0.1) is 0 Å². The van der Waals surface area contributed by atoms with E-state index < -0.39 is 0 Å². The highest BCUT2D eigenvalue weighted by atomic mass is 19.1. The maximum absolute atomic E-state index is 13.9. The molecule has 0 N–H and O–H groups in total. The van der Waals surface area contributed by atoms with Gasteiger partial charge in [0.05, 0.1) is 0 Å². The van der Waals surface area contributed by atoms with E-state index in [9.17, 15) is 4.39 Å². The zero-order valence-corrected chi connectivity index (χ0v) is 10.6. The Morgan fingerprint density at radius 2 is 2.00 bits per heavy atom. The van der Waals surface area contributed by atoms with Gasteiger partial charge in [-0.3, -0.25) is 0 Å². The van der Waals surface area contributed by atoms with Crippen molar-refractivity contribution in [1.29, 1.82) is 0 Å². The van der Waals surface area contributed by atoms with Gasteiger partial charge in [0.2, 0.25) is 0 Å². The van der Waals surface area contributed by atoms with E-state index in [4.69, 9.17) is 4.74 Å². The molecule has 0 saturated heterocycles. The summed E-state index contributed by atoms with van der Waals surface area (Å²) in [4.78, 5) is 0. The highest BCUT2D eigenvalue weighted by molar-refractivity contribution is 5.52. The summed E-state index contributed by atoms with van der Waals surface area (Å²) in [6.45, 7) is 7.60. The molecule has 1 nitrogen and oxygen atoms in total. The van der Waals surface area contributed by atoms with Crippen LogP contribution in [0.15, 0.2) is 18.7 Å². The minimum atomic E-state index is -0.284. The van der Waals surface area contributed by atoms with Crippen molar-refractivity contribution in [3.8, 4) is 5.75 Å². The summed E-state index contributed by atoms with van der Waals surface area (Å²) >= 11 is 0. The summed E-state index contributed by atoms with van der Waals surface area (Å²) in [5, 5.41) is 0. The fourth-order valence-electron chi connectivity index (χ4n) is 2.48. The maximum atomic E-state index is 13.9. The number of aryl methyl sites for hydroxylation is 1. The van der Waals surface area contributed by atoms with Crippen molar-refractivity contribution < 1.29 is 9.13 Å². The molecule has 0 atom stereocenters. The van der Waals surface area contributed by atoms with Crippen LogP contribution >= 0.6 is 0 Å². The topological polar surface area (TPSA) is 9.23 Å². The van der Waals surface area contributed by atoms with E-state index in [-0.39, 0.29) is 11.4 Å². The van der Waals surface area contributed by atoms with E-state index in [2.05, 4.69) is 13.5 Å². The first-order chi connectivity index (χ1) is 8.04. The third-order valence-electron chi connectivity index (χ3n) is 3.50. The smallest absolute Gasteiger partial charge is 0.165 e. The molecule has 0 unspecified atom stereocenters. The number of halogens is 1. The molecule has 2 heteroatoms. The van der Waals surface area contributed by atoms with Crippen LogP contribution in [0.5, 0.6) is 5.75 Å². The molecule has 0 radical (unpaired) electrons. The first-order valence-electron chi connectivity index (χ1n) is 6.16. The normalized spacial score (nSPS) is 18.1. The molecule has 1 aromatic rings. The Balaban J connectivity index is 2.29. The van der Waals surface area contributed by atoms with Gasteiger partial charge < -0.3 is 4.74 Å². The number of hydrogen-bond acceptors (Lipinski definition) is 1. The second-order valence-electron chi connectivity index (χ2n) is 5.11. The Morgan fingerprint density at radius 3 is 2.53 bits per heavy atom. The highest BCUT2D eigenvalue weighted by Crippen LogP contribution is 2.36. The Kier molecular flexibility index (Phi) is 3.23. The molecule has 0 aromatic heterocycles. The first kappa shape index (κ1) is 12.2. The Morgan fingerprint density at radius 1 is 1.35 bits per heavy atom. The summed E-state index contributed by atoms with van der Waals surface area (Å²) in [7, 11) is 0. The van der Waals surface area contributed by atoms with Crippen LogP contribution in [0.2, 0.25) is 0 Å². The van der Waals surface area contributed by atoms with Crippen molar-refractivity contribution >= 4 is 6.08 Å². The average molecular weight is 234 g/mol. The predicted molar refractivity (Wildman–Crippen MR) is 68.7 cm³/mol. The van der Waals surface area contributed by atoms with Gasteiger partial charge in [0.25, 0.3) is 0 Å². The number of rotatable bonds is 3. The molecule has 1 aliphatic rings. The molecule has 0 aliphatic heterocycles. The third kappa shape index (κ3) is 2.51. The van der Waals surface area contributed by atoms with Gasteiger partial charge in [-0.25, -0.2) is 4.39 Å². The molecule has 1 fully saturated rings. The van der Waals surface area contributed by atoms with Crippen LogP contribution in [0.1, 0.15) is 43.7 Å². The Labute approximate surface area is 102 Å². The molecule has 17 heavy (non-hydrogen) atoms. The summed E-state index contributed by atoms with van der Waals surface area (Å²) in [5.74, 6) is 0.119. The fraction of sp³-hybridized carbons (Fsp3) is 0.467. The summed E-state index contributed by atoms with van der Waals surface area (Å²) < 4.78 is 19.9. The van der Waals surface area contributed by atoms with E-state index in [0.29, 0.717) is 5.75 Å². The van der Waals surface area contributed by atoms with Crippen molar-refractivity contribution in [3.05, 3.63) is 35.7 Å². The van der Waals surface area contributed by atoms with Gasteiger partial charge in [0.15, 0.2) is 11.6 Å². The van der Waals surface area contributed by atoms with Crippen molar-refractivity contribution in [2.75, 3.05) is 0 Å². The molecule has 1 aliphatic carbocycles. The van der Waals surface area contributed by atoms with Gasteiger partial charge in [0, 0.05) is 0 Å². The second-order valence-corrected chi connectivity index (χ2v) is 5.11. The van der Waals surface area contributed by atoms with Crippen LogP contribution in [-0.4, -0.2) is 5.60 Å². The lowest BCUT2D eigenvalue weighted by Crippen LogP contribution is -2.28. The molecule has 1 aromatic carbocycles. The second kappa shape index (κ2) is 4.52. The molecular weight excluding hydrogens is 215 g/mol. The lowest BCUT2D eigenvalue weighted by molar-refractivity contribution is 0.0904. The van der Waals surface area contributed by atoms with Gasteiger partial charge in [0.1, 0.15) is 5.60 Å². The van der Waals surface area contributed by atoms with Crippen LogP contribution in [0.3, 0.4) is 0 Å². The zero-order chi connectivity index (χ0) is 12.5. The minimum absolute atomic E-state index is 0.193. The molecule has 1 saturated carbocycles. The Bertz CT molecular complexity index is 408. The van der Waals surface area contributed by atoms with Crippen LogP contribution in [0.25, 0.3) is 6.08 Å². The first-order valence-corrected chi connectivity index (χ1v) is 6.16. The Hall–Kier alpha value is -1.31. The van der Waals surface area contributed by atoms with E-state index in [1.165, 1.54) is 18.9 Å². The highest BCUT2D eigenvalue weighted by Gasteiger charge is 2.32. The number of hydrogen-bond donors (Lipinski definition) is 0. The molecule has 92 valence electrons. The molecule has 0 amide bonds. The van der Waals surface area contributed by atoms with Gasteiger partial charge in [-0.1, -0.05) is 12.7 Å². The molecule has 0 spiro atoms. The monoisotopic (exact) mass is 234 g/mol. The predicted octanol–water partition coefficient (Wildman–Crippen LogP) is 4.49. The van der Waals surface area contributed by atoms with Crippen molar-refractivity contribution in [2.24, 2.45) is 0 Å². The van der Waals surface area contributed by atoms with Crippen LogP contribution < -0.4 is 4.74 Å². The zero-order valence-electron chi connectivity index (χ0n) is 10.6. The van der Waals surface area contributed by atoms with Crippen molar-refractivity contribution in [3.63, 3.8) is 0 Å². The van der Waals surface area contributed by atoms with Crippen LogP contribution in [0, 0.1) is 12.7 Å². The molecule has 2 rings (SSSR count). The van der Waals surface area contributed by atoms with Gasteiger partial charge in [-0.2, -0.15) is 0 Å². The fourth-order valence-corrected chi connectivity index (χ4v) is 2.48. The minimum Gasteiger partial charge on any atom is -0.484 e. The summed E-state index contributed by atoms with van der Waals surface area (Å²) in [6, 6.07) is 3.39. The van der Waals surface area contributed by atoms with Crippen LogP contribution in [0.4, 0.5) is 4.39 Å². The SMILES string of the molecule is C=Cc1cc(C)c(OC2(C)CCCC2)c(F)c1. The third-order valence-corrected chi connectivity index (χ3v) is 3.50. The standard InChI is InChI=1S/C15H19FO/c1-4-12-9-11(2)14(13(16)10-12)17-15(3)7-5-6-8-15/h4,9-10H,1,5-8H2,2-3H3. The number of benzene rings is 1. The lowest BCUT2D eigenvalue weighted by Gasteiger charge is -2.27. The van der Waals surface area contributed by atoms with E-state index in [0.717, 1.165) is 24.0 Å². The molecular formula is C15H19FO. The molecule has 0 bridgehead atoms. The maximum Gasteiger partial charge on any atom is 0.165 e. The molecule has 0 heterocycles. The average Bonchev–Trinajstić information content (AvgIpc) is 2.70. The van der Waals surface area contributed by atoms with E-state index in [1.807, 2.05) is 13.0 Å². The van der Waals surface area contributed by atoms with Crippen LogP contribution in [-0.2, 0) is 0 Å². The lowest BCUT2D eigenvalue weighted by atomic mass is 10.0. The van der Waals surface area contributed by atoms with Crippen molar-refractivity contribution in [2.45, 2.75) is 45.1 Å². The number of ether oxygens (including phenoxy) is 1. The van der Waals surface area contributed by atoms with E-state index in [1.54, 1.807) is 6.08 Å².